The van der Waals surface area contributed by atoms with Gasteiger partial charge in [-0.3, -0.25) is 4.79 Å². The van der Waals surface area contributed by atoms with Crippen molar-refractivity contribution in [2.45, 2.75) is 107 Å². The van der Waals surface area contributed by atoms with Crippen LogP contribution in [0.3, 0.4) is 0 Å². The Labute approximate surface area is 505 Å². The molecule has 9 aromatic carbocycles. The molecule has 0 spiro atoms. The predicted octanol–water partition coefficient (Wildman–Crippen LogP) is 13.6. The number of carbonyl (C=O) groups excluding carboxylic acids is 1. The first-order valence-electron chi connectivity index (χ1n) is 29.6. The summed E-state index contributed by atoms with van der Waals surface area (Å²) in [6, 6.07) is 88.2. The van der Waals surface area contributed by atoms with Crippen LogP contribution in [0.5, 0.6) is 5.75 Å². The van der Waals surface area contributed by atoms with Gasteiger partial charge in [-0.1, -0.05) is 255 Å². The largest absolute Gasteiger partial charge is 0.497 e. The highest BCUT2D eigenvalue weighted by molar-refractivity contribution is 5.89. The molecule has 0 N–H and O–H groups in total. The standard InChI is InChI=1S/C75H74O11/c1-77-64-44-42-63(43-45-64)75(61-38-22-8-23-39-61,62-40-24-9-25-41-62)84-54-68-71(80-49-57-30-14-4-15-31-57)73(82-51-59-34-18-6-19-35-59)69(76)65(85-68)46-66-70(79-48-56-28-12-3-13-29-56)74(83-52-60-36-20-7-21-37-60)72(81-50-58-32-16-5-17-33-58)67(86-66)53-78-47-55-26-10-2-11-27-55/h2-45,65-68,70-74H,46-54H2,1H3/t65-,66+,67-,68-,70+,71-,72-,73-,74-/m1/s1. The average Bonchev–Trinajstić information content (AvgIpc) is 2.13. The Kier molecular flexibility index (Phi) is 21.2. The summed E-state index contributed by atoms with van der Waals surface area (Å²) in [7, 11) is 1.66. The van der Waals surface area contributed by atoms with Crippen LogP contribution in [0.2, 0.25) is 0 Å². The van der Waals surface area contributed by atoms with E-state index in [1.54, 1.807) is 7.11 Å². The summed E-state index contributed by atoms with van der Waals surface area (Å²) < 4.78 is 69.9. The summed E-state index contributed by atoms with van der Waals surface area (Å²) in [6.45, 7) is 1.47. The highest BCUT2D eigenvalue weighted by Crippen LogP contribution is 2.43. The smallest absolute Gasteiger partial charge is 0.193 e. The number of carbonyl (C=O) groups is 1. The highest BCUT2D eigenvalue weighted by atomic mass is 16.6. The first-order chi connectivity index (χ1) is 42.5. The van der Waals surface area contributed by atoms with E-state index in [1.807, 2.05) is 243 Å². The number of ketones is 1. The molecular weight excluding hydrogens is 1080 g/mol. The third-order valence-electron chi connectivity index (χ3n) is 15.9. The van der Waals surface area contributed by atoms with Crippen LogP contribution in [0.15, 0.2) is 267 Å². The molecule has 0 amide bonds. The summed E-state index contributed by atoms with van der Waals surface area (Å²) in [5.74, 6) is 0.408. The third kappa shape index (κ3) is 15.4. The van der Waals surface area contributed by atoms with Gasteiger partial charge in [-0.2, -0.15) is 0 Å². The lowest BCUT2D eigenvalue weighted by molar-refractivity contribution is -0.280. The van der Waals surface area contributed by atoms with Gasteiger partial charge in [0.1, 0.15) is 60.2 Å². The molecular formula is C75H74O11. The lowest BCUT2D eigenvalue weighted by atomic mass is 9.80. The van der Waals surface area contributed by atoms with E-state index in [0.29, 0.717) is 12.4 Å². The second kappa shape index (κ2) is 30.4. The number of hydrogen-bond acceptors (Lipinski definition) is 11. The molecule has 0 aliphatic carbocycles. The minimum absolute atomic E-state index is 0.0399. The fraction of sp³-hybridized carbons (Fsp3) is 0.267. The van der Waals surface area contributed by atoms with Crippen molar-refractivity contribution in [3.8, 4) is 5.75 Å². The summed E-state index contributed by atoms with van der Waals surface area (Å²) >= 11 is 0. The Balaban J connectivity index is 1.00. The normalized spacial score (nSPS) is 21.4. The molecule has 2 saturated heterocycles. The van der Waals surface area contributed by atoms with Gasteiger partial charge in [0.25, 0.3) is 0 Å². The van der Waals surface area contributed by atoms with Crippen LogP contribution in [0.1, 0.15) is 56.5 Å². The molecule has 2 aliphatic rings. The van der Waals surface area contributed by atoms with Crippen LogP contribution < -0.4 is 4.74 Å². The van der Waals surface area contributed by atoms with E-state index in [2.05, 4.69) is 24.3 Å². The van der Waals surface area contributed by atoms with Crippen LogP contribution in [-0.4, -0.2) is 81.0 Å². The molecule has 0 unspecified atom stereocenters. The van der Waals surface area contributed by atoms with Crippen molar-refractivity contribution in [1.29, 1.82) is 0 Å². The average molecular weight is 1150 g/mol. The number of rotatable bonds is 28. The van der Waals surface area contributed by atoms with E-state index in [-0.39, 0.29) is 58.5 Å². The van der Waals surface area contributed by atoms with Crippen LogP contribution in [0.25, 0.3) is 0 Å². The highest BCUT2D eigenvalue weighted by Gasteiger charge is 2.53. The minimum atomic E-state index is -1.19. The SMILES string of the molecule is COc1ccc(C(OC[C@H]2O[C@H](C[C@@H]3O[C@H](COCc4ccccc4)[C@@H](OCc4ccccc4)[C@H](OCc4ccccc4)[C@H]3OCc3ccccc3)C(=O)[C@@H](OCc3ccccc3)[C@@H]2OCc2ccccc2)(c2ccccc2)c2ccccc2)cc1. The molecule has 2 fully saturated rings. The quantitative estimate of drug-likeness (QED) is 0.0437. The number of benzene rings is 9. The summed E-state index contributed by atoms with van der Waals surface area (Å²) in [6.07, 6.45) is -7.80. The van der Waals surface area contributed by atoms with Gasteiger partial charge in [-0.15, -0.1) is 0 Å². The molecule has 0 radical (unpaired) electrons. The number of Topliss-reactive ketones (excluding diaryl/α,β-unsaturated/α-hetero) is 1. The van der Waals surface area contributed by atoms with Crippen LogP contribution in [0, 0.1) is 0 Å². The van der Waals surface area contributed by atoms with Crippen molar-refractivity contribution in [3.63, 3.8) is 0 Å². The maximum atomic E-state index is 16.0. The molecule has 440 valence electrons. The van der Waals surface area contributed by atoms with Gasteiger partial charge >= 0.3 is 0 Å². The van der Waals surface area contributed by atoms with Gasteiger partial charge in [0.2, 0.25) is 0 Å². The molecule has 11 nitrogen and oxygen atoms in total. The Morgan fingerprint density at radius 1 is 0.349 bits per heavy atom. The molecule has 9 aromatic rings. The third-order valence-corrected chi connectivity index (χ3v) is 15.9. The van der Waals surface area contributed by atoms with Crippen molar-refractivity contribution in [2.75, 3.05) is 20.3 Å². The first kappa shape index (κ1) is 59.8. The predicted molar refractivity (Wildman–Crippen MR) is 330 cm³/mol. The number of hydrogen-bond donors (Lipinski definition) is 0. The van der Waals surface area contributed by atoms with Crippen molar-refractivity contribution >= 4 is 5.78 Å². The number of ether oxygens (including phenoxy) is 10. The van der Waals surface area contributed by atoms with Crippen molar-refractivity contribution in [3.05, 3.63) is 317 Å². The van der Waals surface area contributed by atoms with Crippen LogP contribution in [0.4, 0.5) is 0 Å². The summed E-state index contributed by atoms with van der Waals surface area (Å²) in [4.78, 5) is 16.0. The Bertz CT molecular complexity index is 3340. The first-order valence-corrected chi connectivity index (χ1v) is 29.6. The van der Waals surface area contributed by atoms with E-state index in [9.17, 15) is 0 Å². The van der Waals surface area contributed by atoms with E-state index in [1.165, 1.54) is 0 Å². The zero-order valence-corrected chi connectivity index (χ0v) is 48.5. The van der Waals surface area contributed by atoms with Gasteiger partial charge in [0.15, 0.2) is 5.78 Å². The summed E-state index contributed by atoms with van der Waals surface area (Å²) in [5, 5.41) is 0. The van der Waals surface area contributed by atoms with Gasteiger partial charge in [0, 0.05) is 6.42 Å². The van der Waals surface area contributed by atoms with E-state index < -0.39 is 60.5 Å². The molecule has 11 rings (SSSR count). The van der Waals surface area contributed by atoms with Gasteiger partial charge in [-0.05, 0) is 62.2 Å². The van der Waals surface area contributed by atoms with Crippen molar-refractivity contribution in [2.24, 2.45) is 0 Å². The Hall–Kier alpha value is -7.91. The maximum Gasteiger partial charge on any atom is 0.193 e. The molecule has 2 aliphatic heterocycles. The molecule has 0 aromatic heterocycles. The second-order valence-electron chi connectivity index (χ2n) is 21.7. The molecule has 9 atom stereocenters. The van der Waals surface area contributed by atoms with Crippen LogP contribution in [-0.2, 0) is 92.7 Å². The van der Waals surface area contributed by atoms with Crippen molar-refractivity contribution in [1.82, 2.24) is 0 Å². The zero-order chi connectivity index (χ0) is 58.6. The van der Waals surface area contributed by atoms with E-state index in [0.717, 1.165) is 50.1 Å². The Morgan fingerprint density at radius 3 is 1.13 bits per heavy atom. The van der Waals surface area contributed by atoms with Gasteiger partial charge in [0.05, 0.1) is 66.1 Å². The van der Waals surface area contributed by atoms with Gasteiger partial charge < -0.3 is 47.4 Å². The minimum Gasteiger partial charge on any atom is -0.497 e. The molecule has 2 heterocycles. The van der Waals surface area contributed by atoms with Crippen molar-refractivity contribution < 1.29 is 52.2 Å². The monoisotopic (exact) mass is 1150 g/mol. The van der Waals surface area contributed by atoms with Crippen LogP contribution >= 0.6 is 0 Å². The lowest BCUT2D eigenvalue weighted by Gasteiger charge is -2.48. The lowest BCUT2D eigenvalue weighted by Crippen LogP contribution is -2.64. The maximum absolute atomic E-state index is 16.0. The van der Waals surface area contributed by atoms with E-state index in [4.69, 9.17) is 47.4 Å². The number of methoxy groups -OCH3 is 1. The zero-order valence-electron chi connectivity index (χ0n) is 48.5. The topological polar surface area (TPSA) is 109 Å². The second-order valence-corrected chi connectivity index (χ2v) is 21.7. The summed E-state index contributed by atoms with van der Waals surface area (Å²) in [5.41, 5.74) is 7.19. The molecule has 0 bridgehead atoms. The fourth-order valence-corrected chi connectivity index (χ4v) is 11.5. The van der Waals surface area contributed by atoms with E-state index >= 15 is 4.79 Å². The molecule has 11 heteroatoms. The fourth-order valence-electron chi connectivity index (χ4n) is 11.5. The molecule has 0 saturated carbocycles. The Morgan fingerprint density at radius 2 is 0.698 bits per heavy atom. The van der Waals surface area contributed by atoms with Gasteiger partial charge in [-0.25, -0.2) is 0 Å². The molecule has 86 heavy (non-hydrogen) atoms.